The number of halogens is 3. The Hall–Kier alpha value is -2.35. The van der Waals surface area contributed by atoms with Crippen LogP contribution in [0.25, 0.3) is 10.9 Å². The van der Waals surface area contributed by atoms with Crippen LogP contribution < -0.4 is 5.32 Å². The molecule has 0 atom stereocenters. The molecule has 0 saturated carbocycles. The van der Waals surface area contributed by atoms with Crippen LogP contribution in [0, 0.1) is 17.1 Å². The summed E-state index contributed by atoms with van der Waals surface area (Å²) in [7, 11) is 0. The van der Waals surface area contributed by atoms with Crippen molar-refractivity contribution in [2.75, 3.05) is 5.32 Å². The minimum Gasteiger partial charge on any atom is -0.354 e. The average Bonchev–Trinajstić information content (AvgIpc) is 2.58. The standard InChI is InChI=1S/C18H13ClFN3.ClH/c1-2-11-3-6-17-14(7-11)18(12(9-21)10-22-17)23-13-4-5-16(20)15(19)8-13;/h3-8,10H,2H2,1H3,(H,22,23);1H. The van der Waals surface area contributed by atoms with Crippen LogP contribution in [0.5, 0.6) is 0 Å². The Bertz CT molecular complexity index is 935. The minimum atomic E-state index is -0.481. The third-order valence-electron chi connectivity index (χ3n) is 3.65. The lowest BCUT2D eigenvalue weighted by molar-refractivity contribution is 0.628. The molecule has 2 aromatic carbocycles. The third-order valence-corrected chi connectivity index (χ3v) is 3.94. The fraction of sp³-hybridized carbons (Fsp3) is 0.111. The van der Waals surface area contributed by atoms with Crippen LogP contribution in [-0.4, -0.2) is 4.98 Å². The highest BCUT2D eigenvalue weighted by Gasteiger charge is 2.11. The second-order valence-electron chi connectivity index (χ2n) is 5.12. The molecule has 0 spiro atoms. The molecule has 3 rings (SSSR count). The number of fused-ring (bicyclic) bond motifs is 1. The van der Waals surface area contributed by atoms with Gasteiger partial charge in [0.25, 0.3) is 0 Å². The quantitative estimate of drug-likeness (QED) is 0.657. The summed E-state index contributed by atoms with van der Waals surface area (Å²) >= 11 is 5.83. The van der Waals surface area contributed by atoms with Gasteiger partial charge in [-0.3, -0.25) is 4.98 Å². The highest BCUT2D eigenvalue weighted by Crippen LogP contribution is 2.31. The molecule has 0 aliphatic rings. The van der Waals surface area contributed by atoms with Gasteiger partial charge in [0.1, 0.15) is 11.9 Å². The van der Waals surface area contributed by atoms with Crippen LogP contribution >= 0.6 is 24.0 Å². The number of rotatable bonds is 3. The number of hydrogen-bond donors (Lipinski definition) is 1. The Morgan fingerprint density at radius 3 is 2.71 bits per heavy atom. The van der Waals surface area contributed by atoms with Crippen LogP contribution in [0.3, 0.4) is 0 Å². The normalized spacial score (nSPS) is 10.1. The number of pyridine rings is 1. The Kier molecular flexibility index (Phi) is 5.61. The number of aryl methyl sites for hydroxylation is 1. The Morgan fingerprint density at radius 1 is 1.25 bits per heavy atom. The Labute approximate surface area is 150 Å². The van der Waals surface area contributed by atoms with Crippen molar-refractivity contribution >= 4 is 46.3 Å². The van der Waals surface area contributed by atoms with E-state index in [9.17, 15) is 9.65 Å². The summed E-state index contributed by atoms with van der Waals surface area (Å²) in [4.78, 5) is 4.31. The number of hydrogen-bond acceptors (Lipinski definition) is 3. The topological polar surface area (TPSA) is 48.7 Å². The summed E-state index contributed by atoms with van der Waals surface area (Å²) in [5.41, 5.74) is 3.62. The van der Waals surface area contributed by atoms with Crippen LogP contribution in [0.4, 0.5) is 15.8 Å². The maximum absolute atomic E-state index is 13.3. The number of anilines is 2. The zero-order chi connectivity index (χ0) is 16.4. The maximum atomic E-state index is 13.3. The van der Waals surface area contributed by atoms with Gasteiger partial charge in [0.05, 0.1) is 21.8 Å². The molecule has 0 aliphatic carbocycles. The fourth-order valence-electron chi connectivity index (χ4n) is 2.40. The highest BCUT2D eigenvalue weighted by molar-refractivity contribution is 6.31. The van der Waals surface area contributed by atoms with E-state index in [-0.39, 0.29) is 17.4 Å². The summed E-state index contributed by atoms with van der Waals surface area (Å²) in [6.45, 7) is 2.07. The molecule has 1 aromatic heterocycles. The smallest absolute Gasteiger partial charge is 0.141 e. The van der Waals surface area contributed by atoms with Gasteiger partial charge in [-0.1, -0.05) is 24.6 Å². The number of aromatic nitrogens is 1. The van der Waals surface area contributed by atoms with Crippen molar-refractivity contribution in [1.29, 1.82) is 5.26 Å². The first-order valence-corrected chi connectivity index (χ1v) is 7.54. The van der Waals surface area contributed by atoms with Crippen molar-refractivity contribution in [2.24, 2.45) is 0 Å². The third kappa shape index (κ3) is 3.43. The van der Waals surface area contributed by atoms with Gasteiger partial charge in [0.15, 0.2) is 0 Å². The predicted octanol–water partition coefficient (Wildman–Crippen LogP) is 5.63. The summed E-state index contributed by atoms with van der Waals surface area (Å²) in [6.07, 6.45) is 2.41. The number of nitriles is 1. The molecule has 3 aromatic rings. The molecule has 0 fully saturated rings. The summed E-state index contributed by atoms with van der Waals surface area (Å²) in [5.74, 6) is -0.481. The molecule has 1 heterocycles. The van der Waals surface area contributed by atoms with Crippen LogP contribution in [0.15, 0.2) is 42.6 Å². The Balaban J connectivity index is 0.00000208. The van der Waals surface area contributed by atoms with Gasteiger partial charge in [-0.15, -0.1) is 12.4 Å². The summed E-state index contributed by atoms with van der Waals surface area (Å²) in [6, 6.07) is 12.5. The van der Waals surface area contributed by atoms with Gasteiger partial charge in [0, 0.05) is 17.3 Å². The SMILES string of the molecule is CCc1ccc2ncc(C#N)c(Nc3ccc(F)c(Cl)c3)c2c1.Cl. The van der Waals surface area contributed by atoms with Crippen LogP contribution in [0.1, 0.15) is 18.1 Å². The van der Waals surface area contributed by atoms with E-state index in [0.29, 0.717) is 16.9 Å². The van der Waals surface area contributed by atoms with Crippen LogP contribution in [0.2, 0.25) is 5.02 Å². The monoisotopic (exact) mass is 361 g/mol. The zero-order valence-corrected chi connectivity index (χ0v) is 14.4. The predicted molar refractivity (Wildman–Crippen MR) is 97.8 cm³/mol. The molecule has 0 amide bonds. The lowest BCUT2D eigenvalue weighted by atomic mass is 10.1. The molecule has 24 heavy (non-hydrogen) atoms. The van der Waals surface area contributed by atoms with E-state index >= 15 is 0 Å². The molecule has 3 nitrogen and oxygen atoms in total. The molecule has 6 heteroatoms. The van der Waals surface area contributed by atoms with Gasteiger partial charge in [-0.05, 0) is 42.3 Å². The fourth-order valence-corrected chi connectivity index (χ4v) is 2.58. The summed E-state index contributed by atoms with van der Waals surface area (Å²) < 4.78 is 13.3. The first-order valence-electron chi connectivity index (χ1n) is 7.16. The van der Waals surface area contributed by atoms with E-state index in [1.54, 1.807) is 6.07 Å². The second kappa shape index (κ2) is 7.48. The van der Waals surface area contributed by atoms with Crippen molar-refractivity contribution in [3.05, 3.63) is 64.6 Å². The lowest BCUT2D eigenvalue weighted by Gasteiger charge is -2.12. The second-order valence-corrected chi connectivity index (χ2v) is 5.52. The average molecular weight is 362 g/mol. The van der Waals surface area contributed by atoms with E-state index in [1.165, 1.54) is 18.3 Å². The number of nitrogens with one attached hydrogen (secondary N) is 1. The molecule has 122 valence electrons. The van der Waals surface area contributed by atoms with E-state index in [2.05, 4.69) is 23.3 Å². The molecule has 0 saturated heterocycles. The Morgan fingerprint density at radius 2 is 2.04 bits per heavy atom. The van der Waals surface area contributed by atoms with Crippen LogP contribution in [-0.2, 0) is 6.42 Å². The van der Waals surface area contributed by atoms with E-state index in [1.807, 2.05) is 18.2 Å². The van der Waals surface area contributed by atoms with Gasteiger partial charge >= 0.3 is 0 Å². The van der Waals surface area contributed by atoms with Gasteiger partial charge in [-0.25, -0.2) is 4.39 Å². The molecule has 1 N–H and O–H groups in total. The number of benzene rings is 2. The van der Waals surface area contributed by atoms with E-state index < -0.39 is 5.82 Å². The van der Waals surface area contributed by atoms with Crippen molar-refractivity contribution in [3.63, 3.8) is 0 Å². The largest absolute Gasteiger partial charge is 0.354 e. The molecular weight excluding hydrogens is 348 g/mol. The highest BCUT2D eigenvalue weighted by atomic mass is 35.5. The molecule has 0 unspecified atom stereocenters. The van der Waals surface area contributed by atoms with Crippen molar-refractivity contribution in [3.8, 4) is 6.07 Å². The van der Waals surface area contributed by atoms with Gasteiger partial charge in [-0.2, -0.15) is 5.26 Å². The van der Waals surface area contributed by atoms with Crippen molar-refractivity contribution in [1.82, 2.24) is 4.98 Å². The van der Waals surface area contributed by atoms with Gasteiger partial charge in [0.2, 0.25) is 0 Å². The molecule has 0 radical (unpaired) electrons. The van der Waals surface area contributed by atoms with Crippen molar-refractivity contribution in [2.45, 2.75) is 13.3 Å². The first kappa shape index (κ1) is 18.0. The lowest BCUT2D eigenvalue weighted by Crippen LogP contribution is -1.98. The van der Waals surface area contributed by atoms with E-state index in [4.69, 9.17) is 11.6 Å². The molecule has 0 bridgehead atoms. The maximum Gasteiger partial charge on any atom is 0.141 e. The molecular formula is C18H14Cl2FN3. The first-order chi connectivity index (χ1) is 11.1. The zero-order valence-electron chi connectivity index (χ0n) is 12.8. The van der Waals surface area contributed by atoms with E-state index in [0.717, 1.165) is 22.9 Å². The minimum absolute atomic E-state index is 0. The van der Waals surface area contributed by atoms with Crippen molar-refractivity contribution < 1.29 is 4.39 Å². The molecule has 0 aliphatic heterocycles. The van der Waals surface area contributed by atoms with Gasteiger partial charge < -0.3 is 5.32 Å². The number of nitrogens with zero attached hydrogens (tertiary/aromatic N) is 2. The summed E-state index contributed by atoms with van der Waals surface area (Å²) in [5, 5.41) is 13.4.